The van der Waals surface area contributed by atoms with Gasteiger partial charge < -0.3 is 5.32 Å². The van der Waals surface area contributed by atoms with E-state index in [1.54, 1.807) is 6.07 Å². The fraction of sp³-hybridized carbons (Fsp3) is 0.0769. The summed E-state index contributed by atoms with van der Waals surface area (Å²) in [4.78, 5) is 15.7. The lowest BCUT2D eigenvalue weighted by Gasteiger charge is -2.09. The minimum Gasteiger partial charge on any atom is -0.305 e. The Morgan fingerprint density at radius 3 is 2.60 bits per heavy atom. The summed E-state index contributed by atoms with van der Waals surface area (Å²) >= 11 is 5.80. The highest BCUT2D eigenvalue weighted by Crippen LogP contribution is 2.29. The minimum atomic E-state index is -4.50. The van der Waals surface area contributed by atoms with Crippen molar-refractivity contribution >= 4 is 23.3 Å². The summed E-state index contributed by atoms with van der Waals surface area (Å²) in [7, 11) is 0. The monoisotopic (exact) mass is 300 g/mol. The second kappa shape index (κ2) is 5.50. The molecule has 0 bridgehead atoms. The van der Waals surface area contributed by atoms with Gasteiger partial charge in [-0.3, -0.25) is 4.79 Å². The molecule has 0 aliphatic carbocycles. The molecule has 104 valence electrons. The molecular weight excluding hydrogens is 293 g/mol. The van der Waals surface area contributed by atoms with Crippen molar-refractivity contribution in [3.05, 3.63) is 58.7 Å². The molecule has 20 heavy (non-hydrogen) atoms. The van der Waals surface area contributed by atoms with Crippen molar-refractivity contribution in [3.8, 4) is 0 Å². The Balaban J connectivity index is 2.24. The molecule has 1 amide bonds. The van der Waals surface area contributed by atoms with E-state index >= 15 is 0 Å². The van der Waals surface area contributed by atoms with Crippen molar-refractivity contribution < 1.29 is 18.0 Å². The van der Waals surface area contributed by atoms with Crippen molar-refractivity contribution in [2.24, 2.45) is 0 Å². The van der Waals surface area contributed by atoms with Gasteiger partial charge in [0.15, 0.2) is 5.82 Å². The number of pyridine rings is 1. The second-order valence-electron chi connectivity index (χ2n) is 3.87. The van der Waals surface area contributed by atoms with E-state index in [0.717, 1.165) is 18.2 Å². The Morgan fingerprint density at radius 2 is 1.95 bits per heavy atom. The number of nitrogens with one attached hydrogen (secondary N) is 1. The molecule has 2 aromatic rings. The summed E-state index contributed by atoms with van der Waals surface area (Å²) in [6, 6.07) is 7.19. The van der Waals surface area contributed by atoms with Crippen LogP contribution >= 0.6 is 11.6 Å². The third-order valence-corrected chi connectivity index (χ3v) is 2.75. The smallest absolute Gasteiger partial charge is 0.305 e. The number of alkyl halides is 3. The summed E-state index contributed by atoms with van der Waals surface area (Å²) < 4.78 is 37.7. The van der Waals surface area contributed by atoms with Gasteiger partial charge in [0.05, 0.1) is 10.6 Å². The highest BCUT2D eigenvalue weighted by Gasteiger charge is 2.30. The average molecular weight is 301 g/mol. The van der Waals surface area contributed by atoms with Crippen LogP contribution < -0.4 is 5.32 Å². The average Bonchev–Trinajstić information content (AvgIpc) is 2.40. The van der Waals surface area contributed by atoms with E-state index in [4.69, 9.17) is 11.6 Å². The molecule has 1 heterocycles. The van der Waals surface area contributed by atoms with Gasteiger partial charge in [-0.2, -0.15) is 13.2 Å². The van der Waals surface area contributed by atoms with E-state index in [2.05, 4.69) is 10.3 Å². The normalized spacial score (nSPS) is 11.2. The quantitative estimate of drug-likeness (QED) is 0.910. The SMILES string of the molecule is O=C(Nc1ncccc1Cl)c1cccc(C(F)(F)F)c1. The zero-order valence-corrected chi connectivity index (χ0v) is 10.7. The van der Waals surface area contributed by atoms with E-state index in [1.165, 1.54) is 18.3 Å². The van der Waals surface area contributed by atoms with Gasteiger partial charge in [0, 0.05) is 11.8 Å². The molecule has 0 aliphatic heterocycles. The molecule has 7 heteroatoms. The number of nitrogens with zero attached hydrogens (tertiary/aromatic N) is 1. The molecule has 0 fully saturated rings. The molecule has 0 atom stereocenters. The van der Waals surface area contributed by atoms with Gasteiger partial charge in [-0.15, -0.1) is 0 Å². The number of carbonyl (C=O) groups excluding carboxylic acids is 1. The molecule has 1 aromatic carbocycles. The first-order valence-corrected chi connectivity index (χ1v) is 5.85. The van der Waals surface area contributed by atoms with Gasteiger partial charge in [-0.1, -0.05) is 17.7 Å². The molecule has 1 aromatic heterocycles. The number of rotatable bonds is 2. The van der Waals surface area contributed by atoms with Crippen LogP contribution in [0.5, 0.6) is 0 Å². The lowest BCUT2D eigenvalue weighted by molar-refractivity contribution is -0.137. The number of hydrogen-bond acceptors (Lipinski definition) is 2. The Bertz CT molecular complexity index is 644. The summed E-state index contributed by atoms with van der Waals surface area (Å²) in [5.74, 6) is -0.617. The third kappa shape index (κ3) is 3.27. The van der Waals surface area contributed by atoms with E-state index in [0.29, 0.717) is 0 Å². The van der Waals surface area contributed by atoms with Crippen LogP contribution in [0.15, 0.2) is 42.6 Å². The molecular formula is C13H8ClF3N2O. The van der Waals surface area contributed by atoms with E-state index in [-0.39, 0.29) is 16.4 Å². The summed E-state index contributed by atoms with van der Waals surface area (Å²) in [6.07, 6.45) is -3.09. The number of halogens is 4. The highest BCUT2D eigenvalue weighted by atomic mass is 35.5. The number of carbonyl (C=O) groups is 1. The van der Waals surface area contributed by atoms with Crippen LogP contribution in [0.3, 0.4) is 0 Å². The van der Waals surface area contributed by atoms with Crippen molar-refractivity contribution in [3.63, 3.8) is 0 Å². The molecule has 1 N–H and O–H groups in total. The molecule has 0 saturated heterocycles. The molecule has 0 unspecified atom stereocenters. The topological polar surface area (TPSA) is 42.0 Å². The predicted octanol–water partition coefficient (Wildman–Crippen LogP) is 4.01. The first-order chi connectivity index (χ1) is 9.38. The van der Waals surface area contributed by atoms with Crippen LogP contribution in [0.4, 0.5) is 19.0 Å². The van der Waals surface area contributed by atoms with Crippen LogP contribution in [0.1, 0.15) is 15.9 Å². The van der Waals surface area contributed by atoms with Gasteiger partial charge >= 0.3 is 6.18 Å². The minimum absolute atomic E-state index is 0.0941. The van der Waals surface area contributed by atoms with Crippen molar-refractivity contribution in [2.75, 3.05) is 5.32 Å². The molecule has 3 nitrogen and oxygen atoms in total. The fourth-order valence-corrected chi connectivity index (χ4v) is 1.66. The first kappa shape index (κ1) is 14.3. The van der Waals surface area contributed by atoms with Crippen LogP contribution in [-0.2, 0) is 6.18 Å². The summed E-state index contributed by atoms with van der Waals surface area (Å²) in [6.45, 7) is 0. The second-order valence-corrected chi connectivity index (χ2v) is 4.27. The van der Waals surface area contributed by atoms with Crippen molar-refractivity contribution in [1.29, 1.82) is 0 Å². The maximum absolute atomic E-state index is 12.6. The largest absolute Gasteiger partial charge is 0.416 e. The number of anilines is 1. The molecule has 2 rings (SSSR count). The fourth-order valence-electron chi connectivity index (χ4n) is 1.49. The van der Waals surface area contributed by atoms with E-state index in [1.807, 2.05) is 0 Å². The predicted molar refractivity (Wildman–Crippen MR) is 68.6 cm³/mol. The van der Waals surface area contributed by atoms with Crippen molar-refractivity contribution in [1.82, 2.24) is 4.98 Å². The Labute approximate surface area is 117 Å². The van der Waals surface area contributed by atoms with Crippen LogP contribution in [-0.4, -0.2) is 10.9 Å². The Kier molecular flexibility index (Phi) is 3.94. The van der Waals surface area contributed by atoms with Crippen LogP contribution in [0.2, 0.25) is 5.02 Å². The molecule has 0 spiro atoms. The Morgan fingerprint density at radius 1 is 1.20 bits per heavy atom. The molecule has 0 aliphatic rings. The van der Waals surface area contributed by atoms with E-state index < -0.39 is 17.6 Å². The lowest BCUT2D eigenvalue weighted by atomic mass is 10.1. The van der Waals surface area contributed by atoms with Gasteiger partial charge in [0.25, 0.3) is 5.91 Å². The number of benzene rings is 1. The summed E-state index contributed by atoms with van der Waals surface area (Å²) in [5.41, 5.74) is -1.01. The lowest BCUT2D eigenvalue weighted by Crippen LogP contribution is -2.14. The van der Waals surface area contributed by atoms with Gasteiger partial charge in [-0.05, 0) is 30.3 Å². The first-order valence-electron chi connectivity index (χ1n) is 5.47. The van der Waals surface area contributed by atoms with Crippen molar-refractivity contribution in [2.45, 2.75) is 6.18 Å². The number of aromatic nitrogens is 1. The summed E-state index contributed by atoms with van der Waals surface area (Å²) in [5, 5.41) is 2.56. The zero-order chi connectivity index (χ0) is 14.8. The van der Waals surface area contributed by atoms with Gasteiger partial charge in [0.2, 0.25) is 0 Å². The maximum atomic E-state index is 12.6. The molecule has 0 radical (unpaired) electrons. The highest BCUT2D eigenvalue weighted by molar-refractivity contribution is 6.33. The zero-order valence-electron chi connectivity index (χ0n) is 9.91. The van der Waals surface area contributed by atoms with Crippen LogP contribution in [0, 0.1) is 0 Å². The molecule has 0 saturated carbocycles. The van der Waals surface area contributed by atoms with Gasteiger partial charge in [-0.25, -0.2) is 4.98 Å². The maximum Gasteiger partial charge on any atom is 0.416 e. The van der Waals surface area contributed by atoms with E-state index in [9.17, 15) is 18.0 Å². The number of amides is 1. The van der Waals surface area contributed by atoms with Crippen LogP contribution in [0.25, 0.3) is 0 Å². The van der Waals surface area contributed by atoms with Gasteiger partial charge in [0.1, 0.15) is 0 Å². The Hall–Kier alpha value is -2.08. The third-order valence-electron chi connectivity index (χ3n) is 2.44. The standard InChI is InChI=1S/C13H8ClF3N2O/c14-10-5-2-6-18-11(10)19-12(20)8-3-1-4-9(7-8)13(15,16)17/h1-7H,(H,18,19,20). The number of hydrogen-bond donors (Lipinski definition) is 1.